The van der Waals surface area contributed by atoms with Crippen LogP contribution in [0.5, 0.6) is 5.75 Å². The van der Waals surface area contributed by atoms with E-state index < -0.39 is 0 Å². The van der Waals surface area contributed by atoms with Gasteiger partial charge in [-0.05, 0) is 57.2 Å². The van der Waals surface area contributed by atoms with Crippen LogP contribution in [-0.2, 0) is 11.3 Å². The number of ether oxygens (including phenoxy) is 1. The van der Waals surface area contributed by atoms with Gasteiger partial charge < -0.3 is 25.7 Å². The van der Waals surface area contributed by atoms with Gasteiger partial charge in [-0.3, -0.25) is 10.2 Å². The van der Waals surface area contributed by atoms with Gasteiger partial charge in [0.1, 0.15) is 11.6 Å². The Hall–Kier alpha value is -3.23. The normalized spacial score (nSPS) is 10.1. The van der Waals surface area contributed by atoms with Gasteiger partial charge in [-0.2, -0.15) is 0 Å². The summed E-state index contributed by atoms with van der Waals surface area (Å²) in [5, 5.41) is 10.6. The van der Waals surface area contributed by atoms with Crippen LogP contribution in [-0.4, -0.2) is 34.4 Å². The lowest BCUT2D eigenvalue weighted by atomic mass is 10.1. The Morgan fingerprint density at radius 1 is 1.21 bits per heavy atom. The highest BCUT2D eigenvalue weighted by Crippen LogP contribution is 2.20. The van der Waals surface area contributed by atoms with E-state index in [1.165, 1.54) is 0 Å². The lowest BCUT2D eigenvalue weighted by Crippen LogP contribution is -2.33. The molecular formula is C23H30Cl2N6O2. The molecule has 2 aromatic carbocycles. The Labute approximate surface area is 206 Å². The molecule has 0 atom stereocenters. The molecule has 8 nitrogen and oxygen atoms in total. The number of anilines is 2. The summed E-state index contributed by atoms with van der Waals surface area (Å²) in [5.74, 6) is 0.564. The van der Waals surface area contributed by atoms with Gasteiger partial charge in [0, 0.05) is 22.6 Å². The number of amidine groups is 1. The number of hydrogen-bond acceptors (Lipinski definition) is 5. The number of benzene rings is 2. The van der Waals surface area contributed by atoms with E-state index in [0.717, 1.165) is 22.8 Å². The monoisotopic (exact) mass is 492 g/mol. The average Bonchev–Trinajstić information content (AvgIpc) is 3.13. The van der Waals surface area contributed by atoms with Crippen LogP contribution in [0.15, 0.2) is 54.9 Å². The minimum atomic E-state index is -0.168. The largest absolute Gasteiger partial charge is 0.491 e. The number of nitrogens with one attached hydrogen (secondary N) is 3. The summed E-state index contributed by atoms with van der Waals surface area (Å²) in [6, 6.07) is 14.6. The standard InChI is InChI=1S/C23H28N6O2.2ClH/c1-15(2)31-20-9-7-18(8-10-20)28-22(30)13-29(12-21-16(3)26-14-27-21)19-6-4-5-17(11-19)23(24)25;;/h4-11,14-15H,12-13H2,1-3H3,(H3,24,25)(H,26,27)(H,28,30);2*1H. The van der Waals surface area contributed by atoms with Crippen molar-refractivity contribution in [3.8, 4) is 5.75 Å². The predicted molar refractivity (Wildman–Crippen MR) is 137 cm³/mol. The van der Waals surface area contributed by atoms with Crippen molar-refractivity contribution >= 4 is 47.9 Å². The topological polar surface area (TPSA) is 120 Å². The predicted octanol–water partition coefficient (Wildman–Crippen LogP) is 4.28. The van der Waals surface area contributed by atoms with Gasteiger partial charge >= 0.3 is 0 Å². The number of imidazole rings is 1. The third kappa shape index (κ3) is 8.00. The van der Waals surface area contributed by atoms with E-state index in [1.807, 2.05) is 62.1 Å². The Morgan fingerprint density at radius 3 is 2.48 bits per heavy atom. The minimum absolute atomic E-state index is 0. The van der Waals surface area contributed by atoms with Crippen LogP contribution in [0.2, 0.25) is 0 Å². The summed E-state index contributed by atoms with van der Waals surface area (Å²) in [6.07, 6.45) is 1.72. The molecule has 0 aliphatic heterocycles. The molecule has 0 saturated heterocycles. The number of hydrogen-bond donors (Lipinski definition) is 4. The first-order chi connectivity index (χ1) is 14.8. The van der Waals surface area contributed by atoms with Crippen molar-refractivity contribution in [1.29, 1.82) is 5.41 Å². The summed E-state index contributed by atoms with van der Waals surface area (Å²) < 4.78 is 5.64. The van der Waals surface area contributed by atoms with Crippen LogP contribution in [0.4, 0.5) is 11.4 Å². The van der Waals surface area contributed by atoms with E-state index in [4.69, 9.17) is 15.9 Å². The summed E-state index contributed by atoms with van der Waals surface area (Å²) in [6.45, 7) is 6.41. The van der Waals surface area contributed by atoms with Crippen LogP contribution >= 0.6 is 24.8 Å². The molecule has 1 amide bonds. The molecule has 1 heterocycles. The fraction of sp³-hybridized carbons (Fsp3) is 0.261. The summed E-state index contributed by atoms with van der Waals surface area (Å²) in [5.41, 5.74) is 9.50. The number of nitrogen functional groups attached to an aromatic ring is 1. The number of H-pyrrole nitrogens is 1. The number of nitrogens with zero attached hydrogens (tertiary/aromatic N) is 2. The van der Waals surface area contributed by atoms with Crippen molar-refractivity contribution in [2.24, 2.45) is 5.73 Å². The van der Waals surface area contributed by atoms with Crippen LogP contribution in [0.25, 0.3) is 0 Å². The molecule has 33 heavy (non-hydrogen) atoms. The first kappa shape index (κ1) is 27.8. The summed E-state index contributed by atoms with van der Waals surface area (Å²) >= 11 is 0. The van der Waals surface area contributed by atoms with Crippen molar-refractivity contribution in [3.63, 3.8) is 0 Å². The van der Waals surface area contributed by atoms with Gasteiger partial charge in [-0.15, -0.1) is 24.8 Å². The molecule has 5 N–H and O–H groups in total. The smallest absolute Gasteiger partial charge is 0.243 e. The zero-order valence-corrected chi connectivity index (χ0v) is 20.4. The number of amides is 1. The summed E-state index contributed by atoms with van der Waals surface area (Å²) in [7, 11) is 0. The molecule has 3 rings (SSSR count). The zero-order valence-electron chi connectivity index (χ0n) is 18.8. The van der Waals surface area contributed by atoms with Crippen molar-refractivity contribution in [2.45, 2.75) is 33.4 Å². The van der Waals surface area contributed by atoms with Crippen LogP contribution in [0.1, 0.15) is 30.8 Å². The van der Waals surface area contributed by atoms with E-state index in [-0.39, 0.29) is 49.2 Å². The molecule has 0 unspecified atom stereocenters. The van der Waals surface area contributed by atoms with Crippen molar-refractivity contribution < 1.29 is 9.53 Å². The molecule has 3 aromatic rings. The number of carbonyl (C=O) groups is 1. The maximum Gasteiger partial charge on any atom is 0.243 e. The number of aromatic amines is 1. The number of halogens is 2. The second-order valence-corrected chi connectivity index (χ2v) is 7.53. The zero-order chi connectivity index (χ0) is 22.4. The van der Waals surface area contributed by atoms with Gasteiger partial charge in [0.15, 0.2) is 0 Å². The van der Waals surface area contributed by atoms with Crippen LogP contribution < -0.4 is 20.7 Å². The molecule has 178 valence electrons. The third-order valence-electron chi connectivity index (χ3n) is 4.64. The maximum absolute atomic E-state index is 12.8. The Morgan fingerprint density at radius 2 is 1.91 bits per heavy atom. The lowest BCUT2D eigenvalue weighted by molar-refractivity contribution is -0.115. The van der Waals surface area contributed by atoms with Crippen molar-refractivity contribution in [3.05, 3.63) is 71.8 Å². The quantitative estimate of drug-likeness (QED) is 0.262. The average molecular weight is 493 g/mol. The maximum atomic E-state index is 12.8. The van der Waals surface area contributed by atoms with E-state index in [1.54, 1.807) is 18.5 Å². The van der Waals surface area contributed by atoms with Crippen molar-refractivity contribution in [1.82, 2.24) is 9.97 Å². The van der Waals surface area contributed by atoms with E-state index in [2.05, 4.69) is 15.3 Å². The summed E-state index contributed by atoms with van der Waals surface area (Å²) in [4.78, 5) is 22.1. The molecule has 0 aliphatic rings. The highest BCUT2D eigenvalue weighted by Gasteiger charge is 2.16. The number of carbonyl (C=O) groups excluding carboxylic acids is 1. The second-order valence-electron chi connectivity index (χ2n) is 7.53. The molecule has 1 aromatic heterocycles. The number of aromatic nitrogens is 2. The van der Waals surface area contributed by atoms with Gasteiger partial charge in [-0.1, -0.05) is 12.1 Å². The van der Waals surface area contributed by atoms with Gasteiger partial charge in [0.25, 0.3) is 0 Å². The Balaban J connectivity index is 0.00000272. The van der Waals surface area contributed by atoms with Crippen LogP contribution in [0.3, 0.4) is 0 Å². The first-order valence-electron chi connectivity index (χ1n) is 10.1. The number of rotatable bonds is 9. The highest BCUT2D eigenvalue weighted by atomic mass is 35.5. The van der Waals surface area contributed by atoms with E-state index in [0.29, 0.717) is 17.8 Å². The Bertz CT molecular complexity index is 1050. The highest BCUT2D eigenvalue weighted by molar-refractivity contribution is 5.97. The molecule has 0 saturated carbocycles. The van der Waals surface area contributed by atoms with E-state index >= 15 is 0 Å². The molecule has 0 radical (unpaired) electrons. The lowest BCUT2D eigenvalue weighted by Gasteiger charge is -2.24. The Kier molecular flexibility index (Phi) is 10.7. The third-order valence-corrected chi connectivity index (χ3v) is 4.64. The molecule has 0 spiro atoms. The fourth-order valence-corrected chi connectivity index (χ4v) is 3.10. The number of nitrogens with two attached hydrogens (primary N) is 1. The molecule has 0 aliphatic carbocycles. The van der Waals surface area contributed by atoms with Crippen LogP contribution in [0, 0.1) is 12.3 Å². The van der Waals surface area contributed by atoms with Gasteiger partial charge in [0.2, 0.25) is 5.91 Å². The molecule has 0 fully saturated rings. The minimum Gasteiger partial charge on any atom is -0.491 e. The van der Waals surface area contributed by atoms with Crippen molar-refractivity contribution in [2.75, 3.05) is 16.8 Å². The fourth-order valence-electron chi connectivity index (χ4n) is 3.10. The second kappa shape index (κ2) is 12.7. The first-order valence-corrected chi connectivity index (χ1v) is 10.1. The van der Waals surface area contributed by atoms with E-state index in [9.17, 15) is 4.79 Å². The molecule has 10 heteroatoms. The molecular weight excluding hydrogens is 463 g/mol. The molecule has 0 bridgehead atoms. The SMILES string of the molecule is Cc1[nH]cnc1CN(CC(=O)Nc1ccc(OC(C)C)cc1)c1cccc(C(=N)N)c1.Cl.Cl. The number of aryl methyl sites for hydroxylation is 1. The van der Waals surface area contributed by atoms with Gasteiger partial charge in [-0.25, -0.2) is 4.98 Å². The van der Waals surface area contributed by atoms with Gasteiger partial charge in [0.05, 0.1) is 31.2 Å².